The van der Waals surface area contributed by atoms with Gasteiger partial charge in [-0.15, -0.1) is 0 Å². The van der Waals surface area contributed by atoms with Crippen LogP contribution in [0.4, 0.5) is 0 Å². The zero-order valence-electron chi connectivity index (χ0n) is 14.6. The summed E-state index contributed by atoms with van der Waals surface area (Å²) >= 11 is 3.47. The Morgan fingerprint density at radius 2 is 1.83 bits per heavy atom. The highest BCUT2D eigenvalue weighted by Crippen LogP contribution is 2.30. The van der Waals surface area contributed by atoms with Gasteiger partial charge >= 0.3 is 5.97 Å². The van der Waals surface area contributed by atoms with Gasteiger partial charge in [0, 0.05) is 0 Å². The van der Waals surface area contributed by atoms with Crippen LogP contribution in [0.3, 0.4) is 0 Å². The third-order valence-electron chi connectivity index (χ3n) is 4.10. The van der Waals surface area contributed by atoms with Gasteiger partial charge in [0.25, 0.3) is 0 Å². The molecule has 1 atom stereocenters. The molecule has 4 heteroatoms. The predicted octanol–water partition coefficient (Wildman–Crippen LogP) is 5.56. The van der Waals surface area contributed by atoms with Crippen molar-refractivity contribution in [2.45, 2.75) is 40.0 Å². The number of esters is 1. The van der Waals surface area contributed by atoms with Crippen LogP contribution in [0.1, 0.15) is 42.9 Å². The average molecular weight is 391 g/mol. The lowest BCUT2D eigenvalue weighted by atomic mass is 9.99. The number of benzene rings is 2. The van der Waals surface area contributed by atoms with E-state index in [4.69, 9.17) is 9.47 Å². The number of aryl methyl sites for hydroxylation is 2. The Kier molecular flexibility index (Phi) is 6.44. The van der Waals surface area contributed by atoms with E-state index >= 15 is 0 Å². The van der Waals surface area contributed by atoms with Crippen LogP contribution < -0.4 is 9.47 Å². The molecule has 3 nitrogen and oxygen atoms in total. The standard InChI is InChI=1S/C20H23BrO3/c1-5-13(2)16-9-10-18(17(21)11-16)24-19(22)12-23-20-14(3)7-6-8-15(20)4/h6-11,13H,5,12H2,1-4H3. The highest BCUT2D eigenvalue weighted by Gasteiger charge is 2.13. The summed E-state index contributed by atoms with van der Waals surface area (Å²) in [7, 11) is 0. The number of carbonyl (C=O) groups is 1. The molecule has 0 aliphatic heterocycles. The van der Waals surface area contributed by atoms with Crippen molar-refractivity contribution in [3.05, 3.63) is 57.6 Å². The first kappa shape index (κ1) is 18.5. The minimum Gasteiger partial charge on any atom is -0.481 e. The largest absolute Gasteiger partial charge is 0.481 e. The highest BCUT2D eigenvalue weighted by molar-refractivity contribution is 9.10. The molecule has 1 unspecified atom stereocenters. The van der Waals surface area contributed by atoms with Crippen LogP contribution in [-0.4, -0.2) is 12.6 Å². The lowest BCUT2D eigenvalue weighted by Crippen LogP contribution is -2.18. The summed E-state index contributed by atoms with van der Waals surface area (Å²) in [6.07, 6.45) is 1.06. The molecule has 2 aromatic carbocycles. The van der Waals surface area contributed by atoms with Crippen molar-refractivity contribution >= 4 is 21.9 Å². The highest BCUT2D eigenvalue weighted by atomic mass is 79.9. The van der Waals surface area contributed by atoms with E-state index in [1.807, 2.05) is 50.2 Å². The summed E-state index contributed by atoms with van der Waals surface area (Å²) in [4.78, 5) is 12.1. The van der Waals surface area contributed by atoms with Crippen molar-refractivity contribution in [1.29, 1.82) is 0 Å². The van der Waals surface area contributed by atoms with Gasteiger partial charge < -0.3 is 9.47 Å². The molecule has 128 valence electrons. The first-order valence-corrected chi connectivity index (χ1v) is 8.90. The van der Waals surface area contributed by atoms with Crippen LogP contribution in [0.2, 0.25) is 0 Å². The fraction of sp³-hybridized carbons (Fsp3) is 0.350. The van der Waals surface area contributed by atoms with E-state index < -0.39 is 5.97 Å². The fourth-order valence-electron chi connectivity index (χ4n) is 2.45. The first-order valence-electron chi connectivity index (χ1n) is 8.11. The Morgan fingerprint density at radius 1 is 1.17 bits per heavy atom. The maximum atomic E-state index is 12.1. The van der Waals surface area contributed by atoms with Gasteiger partial charge in [-0.2, -0.15) is 0 Å². The van der Waals surface area contributed by atoms with Gasteiger partial charge in [0.05, 0.1) is 4.47 Å². The molecule has 0 saturated heterocycles. The minimum absolute atomic E-state index is 0.120. The molecule has 0 fully saturated rings. The fourth-order valence-corrected chi connectivity index (χ4v) is 2.93. The van der Waals surface area contributed by atoms with E-state index in [9.17, 15) is 4.79 Å². The Hall–Kier alpha value is -1.81. The number of ether oxygens (including phenoxy) is 2. The Morgan fingerprint density at radius 3 is 2.42 bits per heavy atom. The van der Waals surface area contributed by atoms with E-state index in [0.29, 0.717) is 11.7 Å². The maximum absolute atomic E-state index is 12.1. The molecule has 2 aromatic rings. The Bertz CT molecular complexity index is 705. The summed E-state index contributed by atoms with van der Waals surface area (Å²) in [5, 5.41) is 0. The topological polar surface area (TPSA) is 35.5 Å². The normalized spacial score (nSPS) is 11.9. The van der Waals surface area contributed by atoms with Crippen molar-refractivity contribution in [3.8, 4) is 11.5 Å². The van der Waals surface area contributed by atoms with E-state index in [-0.39, 0.29) is 6.61 Å². The second kappa shape index (κ2) is 8.34. The molecule has 2 rings (SSSR count). The molecule has 0 saturated carbocycles. The van der Waals surface area contributed by atoms with Crippen molar-refractivity contribution in [2.24, 2.45) is 0 Å². The molecule has 0 bridgehead atoms. The number of rotatable bonds is 6. The Labute approximate surface area is 152 Å². The number of hydrogen-bond acceptors (Lipinski definition) is 3. The first-order chi connectivity index (χ1) is 11.4. The van der Waals surface area contributed by atoms with Gasteiger partial charge in [0.1, 0.15) is 11.5 Å². The van der Waals surface area contributed by atoms with Crippen molar-refractivity contribution in [3.63, 3.8) is 0 Å². The second-order valence-electron chi connectivity index (χ2n) is 5.98. The molecular weight excluding hydrogens is 368 g/mol. The monoisotopic (exact) mass is 390 g/mol. The lowest BCUT2D eigenvalue weighted by Gasteiger charge is -2.13. The summed E-state index contributed by atoms with van der Waals surface area (Å²) < 4.78 is 11.8. The van der Waals surface area contributed by atoms with Crippen molar-refractivity contribution < 1.29 is 14.3 Å². The molecule has 0 aromatic heterocycles. The maximum Gasteiger partial charge on any atom is 0.349 e. The molecular formula is C20H23BrO3. The van der Waals surface area contributed by atoms with Crippen LogP contribution in [-0.2, 0) is 4.79 Å². The van der Waals surface area contributed by atoms with Crippen molar-refractivity contribution in [1.82, 2.24) is 0 Å². The molecule has 0 amide bonds. The molecule has 0 aliphatic carbocycles. The van der Waals surface area contributed by atoms with Crippen LogP contribution in [0.5, 0.6) is 11.5 Å². The van der Waals surface area contributed by atoms with E-state index in [1.165, 1.54) is 5.56 Å². The summed E-state index contributed by atoms with van der Waals surface area (Å²) in [5.41, 5.74) is 3.22. The van der Waals surface area contributed by atoms with Gasteiger partial charge in [-0.05, 0) is 70.9 Å². The number of para-hydroxylation sites is 1. The molecule has 0 spiro atoms. The van der Waals surface area contributed by atoms with Gasteiger partial charge in [-0.25, -0.2) is 4.79 Å². The van der Waals surface area contributed by atoms with Crippen LogP contribution in [0.15, 0.2) is 40.9 Å². The average Bonchev–Trinajstić information content (AvgIpc) is 2.55. The molecule has 24 heavy (non-hydrogen) atoms. The summed E-state index contributed by atoms with van der Waals surface area (Å²) in [6.45, 7) is 8.12. The number of carbonyl (C=O) groups excluding carboxylic acids is 1. The summed E-state index contributed by atoms with van der Waals surface area (Å²) in [5.74, 6) is 1.30. The second-order valence-corrected chi connectivity index (χ2v) is 6.84. The quantitative estimate of drug-likeness (QED) is 0.478. The van der Waals surface area contributed by atoms with E-state index in [0.717, 1.165) is 27.8 Å². The SMILES string of the molecule is CCC(C)c1ccc(OC(=O)COc2c(C)cccc2C)c(Br)c1. The van der Waals surface area contributed by atoms with Gasteiger partial charge in [0.2, 0.25) is 0 Å². The minimum atomic E-state index is -0.422. The van der Waals surface area contributed by atoms with Crippen LogP contribution in [0, 0.1) is 13.8 Å². The third-order valence-corrected chi connectivity index (χ3v) is 4.72. The van der Waals surface area contributed by atoms with Gasteiger partial charge in [0.15, 0.2) is 6.61 Å². The molecule has 0 aliphatic rings. The zero-order valence-corrected chi connectivity index (χ0v) is 16.1. The van der Waals surface area contributed by atoms with Gasteiger partial charge in [-0.1, -0.05) is 38.1 Å². The van der Waals surface area contributed by atoms with E-state index in [2.05, 4.69) is 29.8 Å². The molecule has 0 N–H and O–H groups in total. The molecule has 0 heterocycles. The smallest absolute Gasteiger partial charge is 0.349 e. The van der Waals surface area contributed by atoms with Crippen molar-refractivity contribution in [2.75, 3.05) is 6.61 Å². The molecule has 0 radical (unpaired) electrons. The Balaban J connectivity index is 2.00. The zero-order chi connectivity index (χ0) is 17.7. The van der Waals surface area contributed by atoms with Crippen LogP contribution in [0.25, 0.3) is 0 Å². The van der Waals surface area contributed by atoms with Gasteiger partial charge in [-0.3, -0.25) is 0 Å². The lowest BCUT2D eigenvalue weighted by molar-refractivity contribution is -0.136. The third kappa shape index (κ3) is 4.60. The van der Waals surface area contributed by atoms with E-state index in [1.54, 1.807) is 0 Å². The number of halogens is 1. The summed E-state index contributed by atoms with van der Waals surface area (Å²) in [6, 6.07) is 11.7. The predicted molar refractivity (Wildman–Crippen MR) is 99.9 cm³/mol. The van der Waals surface area contributed by atoms with Crippen LogP contribution >= 0.6 is 15.9 Å². The number of hydrogen-bond donors (Lipinski definition) is 0.